The van der Waals surface area contributed by atoms with Crippen LogP contribution < -0.4 is 0 Å². The molecule has 0 heterocycles. The highest BCUT2D eigenvalue weighted by molar-refractivity contribution is 5.85. The molecule has 2 aromatic rings. The van der Waals surface area contributed by atoms with Gasteiger partial charge in [-0.2, -0.15) is 0 Å². The van der Waals surface area contributed by atoms with Crippen molar-refractivity contribution in [1.82, 2.24) is 0 Å². The molecule has 0 saturated heterocycles. The van der Waals surface area contributed by atoms with Gasteiger partial charge in [-0.25, -0.2) is 0 Å². The Labute approximate surface area is 141 Å². The Bertz CT molecular complexity index is 698. The summed E-state index contributed by atoms with van der Waals surface area (Å²) in [5, 5.41) is 0. The molecular formula is C23H28. The van der Waals surface area contributed by atoms with Gasteiger partial charge in [0.05, 0.1) is 0 Å². The van der Waals surface area contributed by atoms with Crippen LogP contribution in [0.5, 0.6) is 0 Å². The van der Waals surface area contributed by atoms with Gasteiger partial charge in [0.15, 0.2) is 0 Å². The van der Waals surface area contributed by atoms with Crippen LogP contribution >= 0.6 is 0 Å². The van der Waals surface area contributed by atoms with E-state index in [1.165, 1.54) is 71.1 Å². The number of hydrogen-bond acceptors (Lipinski definition) is 0. The van der Waals surface area contributed by atoms with E-state index in [4.69, 9.17) is 0 Å². The Hall–Kier alpha value is -1.82. The summed E-state index contributed by atoms with van der Waals surface area (Å²) in [7, 11) is 0. The van der Waals surface area contributed by atoms with Crippen LogP contribution in [0.4, 0.5) is 0 Å². The van der Waals surface area contributed by atoms with E-state index >= 15 is 0 Å². The molecule has 1 fully saturated rings. The van der Waals surface area contributed by atoms with E-state index in [-0.39, 0.29) is 0 Å². The number of benzene rings is 2. The molecule has 0 spiro atoms. The molecule has 0 unspecified atom stereocenters. The Morgan fingerprint density at radius 1 is 0.696 bits per heavy atom. The van der Waals surface area contributed by atoms with Gasteiger partial charge in [-0.05, 0) is 81.2 Å². The molecule has 23 heavy (non-hydrogen) atoms. The zero-order valence-electron chi connectivity index (χ0n) is 15.0. The van der Waals surface area contributed by atoms with Gasteiger partial charge in [0.1, 0.15) is 0 Å². The van der Waals surface area contributed by atoms with Crippen LogP contribution in [0.2, 0.25) is 0 Å². The maximum atomic E-state index is 2.33. The maximum Gasteiger partial charge on any atom is -0.0114 e. The SMILES string of the molecule is Cc1ccc(C(=C2CCCCC2)c2c(C)cc(C)cc2C)cc1. The summed E-state index contributed by atoms with van der Waals surface area (Å²) in [5.41, 5.74) is 11.6. The van der Waals surface area contributed by atoms with Crippen molar-refractivity contribution in [3.05, 3.63) is 75.4 Å². The monoisotopic (exact) mass is 304 g/mol. The van der Waals surface area contributed by atoms with E-state index in [9.17, 15) is 0 Å². The van der Waals surface area contributed by atoms with E-state index in [2.05, 4.69) is 64.1 Å². The van der Waals surface area contributed by atoms with E-state index in [0.717, 1.165) is 0 Å². The number of hydrogen-bond donors (Lipinski definition) is 0. The van der Waals surface area contributed by atoms with Crippen LogP contribution in [-0.4, -0.2) is 0 Å². The predicted octanol–water partition coefficient (Wildman–Crippen LogP) is 6.69. The summed E-state index contributed by atoms with van der Waals surface area (Å²) in [6.07, 6.45) is 6.59. The zero-order chi connectivity index (χ0) is 16.4. The van der Waals surface area contributed by atoms with E-state index in [0.29, 0.717) is 0 Å². The van der Waals surface area contributed by atoms with Gasteiger partial charge in [-0.3, -0.25) is 0 Å². The summed E-state index contributed by atoms with van der Waals surface area (Å²) < 4.78 is 0. The summed E-state index contributed by atoms with van der Waals surface area (Å²) >= 11 is 0. The van der Waals surface area contributed by atoms with Crippen LogP contribution in [0.1, 0.15) is 65.5 Å². The average Bonchev–Trinajstić information content (AvgIpc) is 2.53. The molecule has 0 amide bonds. The summed E-state index contributed by atoms with van der Waals surface area (Å²) in [4.78, 5) is 0. The molecule has 0 nitrogen and oxygen atoms in total. The molecule has 0 atom stereocenters. The Balaban J connectivity index is 2.22. The van der Waals surface area contributed by atoms with Crippen molar-refractivity contribution in [3.63, 3.8) is 0 Å². The maximum absolute atomic E-state index is 2.33. The van der Waals surface area contributed by atoms with Crippen molar-refractivity contribution >= 4 is 5.57 Å². The molecule has 1 aliphatic carbocycles. The third kappa shape index (κ3) is 3.42. The van der Waals surface area contributed by atoms with Crippen LogP contribution in [0.15, 0.2) is 42.0 Å². The molecule has 120 valence electrons. The fraction of sp³-hybridized carbons (Fsp3) is 0.391. The van der Waals surface area contributed by atoms with Crippen molar-refractivity contribution in [2.75, 3.05) is 0 Å². The van der Waals surface area contributed by atoms with Gasteiger partial charge < -0.3 is 0 Å². The van der Waals surface area contributed by atoms with Gasteiger partial charge in [0, 0.05) is 0 Å². The minimum absolute atomic E-state index is 1.26. The smallest absolute Gasteiger partial charge is 0.0114 e. The van der Waals surface area contributed by atoms with Crippen LogP contribution in [0, 0.1) is 27.7 Å². The predicted molar refractivity (Wildman–Crippen MR) is 101 cm³/mol. The number of rotatable bonds is 2. The molecule has 0 N–H and O–H groups in total. The van der Waals surface area contributed by atoms with E-state index < -0.39 is 0 Å². The summed E-state index contributed by atoms with van der Waals surface area (Å²) in [6.45, 7) is 8.91. The fourth-order valence-electron chi connectivity index (χ4n) is 4.05. The van der Waals surface area contributed by atoms with Crippen molar-refractivity contribution < 1.29 is 0 Å². The Morgan fingerprint density at radius 3 is 1.83 bits per heavy atom. The summed E-state index contributed by atoms with van der Waals surface area (Å²) in [5.74, 6) is 0. The second-order valence-corrected chi connectivity index (χ2v) is 7.18. The van der Waals surface area contributed by atoms with E-state index in [1.807, 2.05) is 0 Å². The molecule has 0 heteroatoms. The second-order valence-electron chi connectivity index (χ2n) is 7.18. The third-order valence-electron chi connectivity index (χ3n) is 5.08. The van der Waals surface area contributed by atoms with Crippen molar-refractivity contribution in [3.8, 4) is 0 Å². The van der Waals surface area contributed by atoms with Gasteiger partial charge in [0.2, 0.25) is 0 Å². The topological polar surface area (TPSA) is 0 Å². The first-order chi connectivity index (χ1) is 11.1. The minimum Gasteiger partial charge on any atom is -0.0617 e. The Kier molecular flexibility index (Phi) is 4.71. The van der Waals surface area contributed by atoms with E-state index in [1.54, 1.807) is 5.57 Å². The largest absolute Gasteiger partial charge is 0.0617 e. The fourth-order valence-corrected chi connectivity index (χ4v) is 4.05. The molecule has 2 aromatic carbocycles. The highest BCUT2D eigenvalue weighted by Crippen LogP contribution is 2.38. The lowest BCUT2D eigenvalue weighted by molar-refractivity contribution is 0.601. The van der Waals surface area contributed by atoms with Gasteiger partial charge in [0.25, 0.3) is 0 Å². The molecule has 1 aliphatic rings. The first-order valence-electron chi connectivity index (χ1n) is 8.93. The van der Waals surface area contributed by atoms with Crippen molar-refractivity contribution in [1.29, 1.82) is 0 Å². The van der Waals surface area contributed by atoms with Gasteiger partial charge in [-0.1, -0.05) is 59.5 Å². The quantitative estimate of drug-likeness (QED) is 0.580. The average molecular weight is 304 g/mol. The molecule has 0 bridgehead atoms. The molecule has 1 saturated carbocycles. The lowest BCUT2D eigenvalue weighted by Crippen LogP contribution is -2.04. The Morgan fingerprint density at radius 2 is 1.26 bits per heavy atom. The lowest BCUT2D eigenvalue weighted by Gasteiger charge is -2.23. The van der Waals surface area contributed by atoms with Crippen molar-refractivity contribution in [2.24, 2.45) is 0 Å². The number of allylic oxidation sites excluding steroid dienone is 1. The number of aryl methyl sites for hydroxylation is 4. The van der Waals surface area contributed by atoms with Gasteiger partial charge in [-0.15, -0.1) is 0 Å². The van der Waals surface area contributed by atoms with Crippen LogP contribution in [0.3, 0.4) is 0 Å². The summed E-state index contributed by atoms with van der Waals surface area (Å²) in [6, 6.07) is 13.8. The molecule has 0 aliphatic heterocycles. The van der Waals surface area contributed by atoms with Crippen LogP contribution in [-0.2, 0) is 0 Å². The van der Waals surface area contributed by atoms with Crippen molar-refractivity contribution in [2.45, 2.75) is 59.8 Å². The first kappa shape index (κ1) is 16.1. The molecule has 3 rings (SSSR count). The second kappa shape index (κ2) is 6.74. The highest BCUT2D eigenvalue weighted by atomic mass is 14.2. The van der Waals surface area contributed by atoms with Gasteiger partial charge >= 0.3 is 0 Å². The third-order valence-corrected chi connectivity index (χ3v) is 5.08. The van der Waals surface area contributed by atoms with Crippen LogP contribution in [0.25, 0.3) is 5.57 Å². The minimum atomic E-state index is 1.26. The molecule has 0 radical (unpaired) electrons. The molecular weight excluding hydrogens is 276 g/mol. The zero-order valence-corrected chi connectivity index (χ0v) is 15.0. The first-order valence-corrected chi connectivity index (χ1v) is 8.93. The molecule has 0 aromatic heterocycles. The highest BCUT2D eigenvalue weighted by Gasteiger charge is 2.18. The standard InChI is InChI=1S/C23H28/c1-16-10-12-21(13-11-16)23(20-8-6-5-7-9-20)22-18(3)14-17(2)15-19(22)4/h10-15H,5-9H2,1-4H3. The lowest BCUT2D eigenvalue weighted by atomic mass is 9.81. The normalized spacial score (nSPS) is 14.9.